The van der Waals surface area contributed by atoms with E-state index in [4.69, 9.17) is 9.47 Å². The summed E-state index contributed by atoms with van der Waals surface area (Å²) in [5, 5.41) is 0. The SMILES string of the molecule is CCCCCCCCC(=O)OCC1CCCC(COC(=O)CCCCCCCC)C1. The summed E-state index contributed by atoms with van der Waals surface area (Å²) in [5.74, 6) is 0.764. The Morgan fingerprint density at radius 3 is 1.47 bits per heavy atom. The summed E-state index contributed by atoms with van der Waals surface area (Å²) in [4.78, 5) is 23.9. The Balaban J connectivity index is 2.05. The van der Waals surface area contributed by atoms with E-state index in [0.29, 0.717) is 37.9 Å². The Morgan fingerprint density at radius 2 is 1.03 bits per heavy atom. The van der Waals surface area contributed by atoms with Crippen LogP contribution in [0.1, 0.15) is 129 Å². The van der Waals surface area contributed by atoms with Gasteiger partial charge in [-0.05, 0) is 43.9 Å². The predicted molar refractivity (Wildman–Crippen MR) is 123 cm³/mol. The standard InChI is InChI=1S/C26H48O4/c1-3-5-7-9-11-13-18-25(27)29-21-23-16-15-17-24(20-23)22-30-26(28)19-14-12-10-8-6-4-2/h23-24H,3-22H2,1-2H3. The zero-order chi connectivity index (χ0) is 21.9. The molecule has 0 aliphatic heterocycles. The minimum absolute atomic E-state index is 0.0435. The summed E-state index contributed by atoms with van der Waals surface area (Å²) < 4.78 is 11.1. The van der Waals surface area contributed by atoms with Gasteiger partial charge in [0.2, 0.25) is 0 Å². The van der Waals surface area contributed by atoms with Crippen LogP contribution in [0.3, 0.4) is 0 Å². The van der Waals surface area contributed by atoms with Crippen molar-refractivity contribution in [1.29, 1.82) is 0 Å². The fraction of sp³-hybridized carbons (Fsp3) is 0.923. The summed E-state index contributed by atoms with van der Waals surface area (Å²) in [7, 11) is 0. The first-order chi connectivity index (χ1) is 14.7. The minimum atomic E-state index is -0.0435. The van der Waals surface area contributed by atoms with Gasteiger partial charge in [0.25, 0.3) is 0 Å². The van der Waals surface area contributed by atoms with Crippen LogP contribution in [0, 0.1) is 11.8 Å². The van der Waals surface area contributed by atoms with Gasteiger partial charge in [0.15, 0.2) is 0 Å². The zero-order valence-corrected chi connectivity index (χ0v) is 19.9. The number of esters is 2. The van der Waals surface area contributed by atoms with Gasteiger partial charge in [0.1, 0.15) is 0 Å². The highest BCUT2D eigenvalue weighted by atomic mass is 16.5. The van der Waals surface area contributed by atoms with Gasteiger partial charge in [-0.2, -0.15) is 0 Å². The normalized spacial score (nSPS) is 18.9. The molecule has 0 saturated heterocycles. The van der Waals surface area contributed by atoms with Gasteiger partial charge in [0.05, 0.1) is 13.2 Å². The third kappa shape index (κ3) is 14.8. The Morgan fingerprint density at radius 1 is 0.633 bits per heavy atom. The molecule has 1 aliphatic rings. The van der Waals surface area contributed by atoms with E-state index in [2.05, 4.69) is 13.8 Å². The first-order valence-corrected chi connectivity index (χ1v) is 13.0. The molecule has 4 nitrogen and oxygen atoms in total. The Labute approximate surface area is 185 Å². The molecule has 1 fully saturated rings. The lowest BCUT2D eigenvalue weighted by molar-refractivity contribution is -0.146. The van der Waals surface area contributed by atoms with Gasteiger partial charge in [0, 0.05) is 12.8 Å². The lowest BCUT2D eigenvalue weighted by Gasteiger charge is -2.28. The van der Waals surface area contributed by atoms with Crippen LogP contribution in [-0.2, 0) is 19.1 Å². The third-order valence-corrected chi connectivity index (χ3v) is 6.32. The van der Waals surface area contributed by atoms with Crippen LogP contribution in [0.4, 0.5) is 0 Å². The lowest BCUT2D eigenvalue weighted by atomic mass is 9.82. The van der Waals surface area contributed by atoms with Crippen LogP contribution in [-0.4, -0.2) is 25.2 Å². The van der Waals surface area contributed by atoms with Crippen molar-refractivity contribution >= 4 is 11.9 Å². The lowest BCUT2D eigenvalue weighted by Crippen LogP contribution is -2.25. The monoisotopic (exact) mass is 424 g/mol. The molecular weight excluding hydrogens is 376 g/mol. The molecule has 30 heavy (non-hydrogen) atoms. The van der Waals surface area contributed by atoms with Crippen molar-refractivity contribution < 1.29 is 19.1 Å². The summed E-state index contributed by atoms with van der Waals surface area (Å²) in [5.41, 5.74) is 0. The smallest absolute Gasteiger partial charge is 0.305 e. The number of rotatable bonds is 18. The Bertz CT molecular complexity index is 397. The Kier molecular flexibility index (Phi) is 16.8. The van der Waals surface area contributed by atoms with Crippen molar-refractivity contribution in [3.63, 3.8) is 0 Å². The number of unbranched alkanes of at least 4 members (excludes halogenated alkanes) is 10. The van der Waals surface area contributed by atoms with Crippen LogP contribution < -0.4 is 0 Å². The van der Waals surface area contributed by atoms with E-state index in [9.17, 15) is 9.59 Å². The fourth-order valence-corrected chi connectivity index (χ4v) is 4.37. The molecule has 0 heterocycles. The average molecular weight is 425 g/mol. The molecule has 0 aromatic rings. The molecule has 0 amide bonds. The zero-order valence-electron chi connectivity index (χ0n) is 19.9. The van der Waals surface area contributed by atoms with Crippen molar-refractivity contribution in [2.75, 3.05) is 13.2 Å². The summed E-state index contributed by atoms with van der Waals surface area (Å²) in [6.07, 6.45) is 19.7. The van der Waals surface area contributed by atoms with Crippen LogP contribution in [0.15, 0.2) is 0 Å². The molecule has 0 aromatic heterocycles. The molecule has 0 bridgehead atoms. The highest BCUT2D eigenvalue weighted by molar-refractivity contribution is 5.69. The molecule has 2 unspecified atom stereocenters. The number of ether oxygens (including phenoxy) is 2. The quantitative estimate of drug-likeness (QED) is 0.170. The van der Waals surface area contributed by atoms with Crippen molar-refractivity contribution in [2.24, 2.45) is 11.8 Å². The van der Waals surface area contributed by atoms with Crippen molar-refractivity contribution in [3.05, 3.63) is 0 Å². The highest BCUT2D eigenvalue weighted by Gasteiger charge is 2.24. The molecule has 4 heteroatoms. The third-order valence-electron chi connectivity index (χ3n) is 6.32. The topological polar surface area (TPSA) is 52.6 Å². The maximum absolute atomic E-state index is 12.0. The molecule has 2 atom stereocenters. The van der Waals surface area contributed by atoms with E-state index in [1.165, 1.54) is 51.4 Å². The van der Waals surface area contributed by atoms with E-state index in [0.717, 1.165) is 51.4 Å². The molecule has 1 saturated carbocycles. The van der Waals surface area contributed by atoms with Gasteiger partial charge in [-0.25, -0.2) is 0 Å². The Hall–Kier alpha value is -1.06. The molecule has 0 aromatic carbocycles. The summed E-state index contributed by atoms with van der Waals surface area (Å²) in [6, 6.07) is 0. The van der Waals surface area contributed by atoms with Crippen molar-refractivity contribution in [2.45, 2.75) is 129 Å². The van der Waals surface area contributed by atoms with E-state index < -0.39 is 0 Å². The second-order valence-corrected chi connectivity index (χ2v) is 9.30. The molecule has 1 rings (SSSR count). The first kappa shape index (κ1) is 27.0. The summed E-state index contributed by atoms with van der Waals surface area (Å²) in [6.45, 7) is 5.51. The molecule has 0 radical (unpaired) electrons. The van der Waals surface area contributed by atoms with Gasteiger partial charge in [-0.15, -0.1) is 0 Å². The first-order valence-electron chi connectivity index (χ1n) is 13.0. The number of hydrogen-bond acceptors (Lipinski definition) is 4. The maximum Gasteiger partial charge on any atom is 0.305 e. The van der Waals surface area contributed by atoms with Crippen molar-refractivity contribution in [1.82, 2.24) is 0 Å². The average Bonchev–Trinajstić information content (AvgIpc) is 2.76. The van der Waals surface area contributed by atoms with E-state index in [-0.39, 0.29) is 11.9 Å². The van der Waals surface area contributed by atoms with Gasteiger partial charge in [-0.3, -0.25) is 9.59 Å². The van der Waals surface area contributed by atoms with Crippen LogP contribution >= 0.6 is 0 Å². The van der Waals surface area contributed by atoms with E-state index in [1.54, 1.807) is 0 Å². The number of carbonyl (C=O) groups excluding carboxylic acids is 2. The molecule has 1 aliphatic carbocycles. The fourth-order valence-electron chi connectivity index (χ4n) is 4.37. The summed E-state index contributed by atoms with van der Waals surface area (Å²) >= 11 is 0. The van der Waals surface area contributed by atoms with Gasteiger partial charge < -0.3 is 9.47 Å². The second kappa shape index (κ2) is 18.7. The minimum Gasteiger partial charge on any atom is -0.465 e. The van der Waals surface area contributed by atoms with E-state index in [1.807, 2.05) is 0 Å². The largest absolute Gasteiger partial charge is 0.465 e. The van der Waals surface area contributed by atoms with Crippen LogP contribution in [0.2, 0.25) is 0 Å². The molecule has 0 N–H and O–H groups in total. The predicted octanol–water partition coefficient (Wildman–Crippen LogP) is 7.38. The molecular formula is C26H48O4. The number of carbonyl (C=O) groups is 2. The van der Waals surface area contributed by atoms with Crippen molar-refractivity contribution in [3.8, 4) is 0 Å². The second-order valence-electron chi connectivity index (χ2n) is 9.30. The van der Waals surface area contributed by atoms with Crippen LogP contribution in [0.5, 0.6) is 0 Å². The van der Waals surface area contributed by atoms with Crippen LogP contribution in [0.25, 0.3) is 0 Å². The maximum atomic E-state index is 12.0. The highest BCUT2D eigenvalue weighted by Crippen LogP contribution is 2.29. The molecule has 0 spiro atoms. The number of hydrogen-bond donors (Lipinski definition) is 0. The van der Waals surface area contributed by atoms with E-state index >= 15 is 0 Å². The van der Waals surface area contributed by atoms with Gasteiger partial charge in [-0.1, -0.05) is 84.5 Å². The van der Waals surface area contributed by atoms with Gasteiger partial charge >= 0.3 is 11.9 Å². The molecule has 176 valence electrons.